The zero-order valence-corrected chi connectivity index (χ0v) is 16.2. The van der Waals surface area contributed by atoms with Crippen LogP contribution in [0, 0.1) is 6.92 Å². The summed E-state index contributed by atoms with van der Waals surface area (Å²) in [6.07, 6.45) is 1.52. The number of carbonyl (C=O) groups is 1. The Hall–Kier alpha value is -2.02. The van der Waals surface area contributed by atoms with Gasteiger partial charge in [-0.05, 0) is 43.3 Å². The summed E-state index contributed by atoms with van der Waals surface area (Å²) in [6.45, 7) is 1.83. The molecule has 3 rings (SSSR count). The molecule has 0 radical (unpaired) electrons. The van der Waals surface area contributed by atoms with Crippen LogP contribution in [0.3, 0.4) is 0 Å². The Morgan fingerprint density at radius 3 is 2.40 bits per heavy atom. The van der Waals surface area contributed by atoms with E-state index in [1.54, 1.807) is 16.8 Å². The zero-order valence-electron chi connectivity index (χ0n) is 13.1. The van der Waals surface area contributed by atoms with E-state index in [0.29, 0.717) is 16.9 Å². The Morgan fingerprint density at radius 1 is 1.20 bits per heavy atom. The van der Waals surface area contributed by atoms with Gasteiger partial charge in [-0.3, -0.25) is 4.79 Å². The monoisotopic (exact) mass is 438 g/mol. The van der Waals surface area contributed by atoms with Gasteiger partial charge in [-0.25, -0.2) is 4.68 Å². The third-order valence-electron chi connectivity index (χ3n) is 3.66. The fourth-order valence-corrected chi connectivity index (χ4v) is 3.08. The Labute approximate surface area is 162 Å². The molecule has 5 nitrogen and oxygen atoms in total. The first-order valence-corrected chi connectivity index (χ1v) is 8.78. The largest absolute Gasteiger partial charge is 0.396 e. The lowest BCUT2D eigenvalue weighted by Crippen LogP contribution is -2.13. The molecule has 0 atom stereocenters. The van der Waals surface area contributed by atoms with E-state index in [4.69, 9.17) is 28.9 Å². The summed E-state index contributed by atoms with van der Waals surface area (Å²) >= 11 is 15.4. The van der Waals surface area contributed by atoms with Gasteiger partial charge in [0, 0.05) is 10.2 Å². The number of carbonyl (C=O) groups excluding carboxylic acids is 1. The molecule has 0 aliphatic rings. The minimum Gasteiger partial charge on any atom is -0.396 e. The average molecular weight is 440 g/mol. The molecule has 8 heteroatoms. The second-order valence-corrected chi connectivity index (χ2v) is 7.07. The molecule has 0 saturated heterocycles. The number of amides is 1. The maximum atomic E-state index is 12.6. The van der Waals surface area contributed by atoms with Crippen molar-refractivity contribution in [1.82, 2.24) is 9.78 Å². The van der Waals surface area contributed by atoms with Crippen molar-refractivity contribution in [3.8, 4) is 5.69 Å². The highest BCUT2D eigenvalue weighted by atomic mass is 79.9. The summed E-state index contributed by atoms with van der Waals surface area (Å²) < 4.78 is 2.67. The molecule has 3 aromatic rings. The van der Waals surface area contributed by atoms with E-state index in [-0.39, 0.29) is 21.6 Å². The summed E-state index contributed by atoms with van der Waals surface area (Å²) in [4.78, 5) is 12.6. The maximum absolute atomic E-state index is 12.6. The van der Waals surface area contributed by atoms with Crippen molar-refractivity contribution in [2.75, 3.05) is 11.1 Å². The first-order valence-electron chi connectivity index (χ1n) is 7.23. The van der Waals surface area contributed by atoms with Crippen molar-refractivity contribution in [3.63, 3.8) is 0 Å². The molecular weight excluding hydrogens is 427 g/mol. The smallest absolute Gasteiger partial charge is 0.259 e. The van der Waals surface area contributed by atoms with Gasteiger partial charge in [0.25, 0.3) is 5.91 Å². The van der Waals surface area contributed by atoms with Gasteiger partial charge < -0.3 is 11.1 Å². The summed E-state index contributed by atoms with van der Waals surface area (Å²) in [6, 6.07) is 10.7. The number of benzene rings is 2. The molecule has 25 heavy (non-hydrogen) atoms. The summed E-state index contributed by atoms with van der Waals surface area (Å²) in [7, 11) is 0. The summed E-state index contributed by atoms with van der Waals surface area (Å²) in [5.74, 6) is -0.308. The lowest BCUT2D eigenvalue weighted by molar-refractivity contribution is 0.102. The Balaban J connectivity index is 1.87. The van der Waals surface area contributed by atoms with Crippen LogP contribution >= 0.6 is 39.1 Å². The molecular formula is C17H13BrCl2N4O. The van der Waals surface area contributed by atoms with Crippen LogP contribution in [0.5, 0.6) is 0 Å². The molecule has 2 aromatic carbocycles. The Bertz CT molecular complexity index is 931. The van der Waals surface area contributed by atoms with Crippen molar-refractivity contribution in [3.05, 3.63) is 68.4 Å². The van der Waals surface area contributed by atoms with Gasteiger partial charge >= 0.3 is 0 Å². The Kier molecular flexibility index (Phi) is 5.03. The zero-order chi connectivity index (χ0) is 18.1. The van der Waals surface area contributed by atoms with Crippen LogP contribution in [0.2, 0.25) is 10.0 Å². The predicted molar refractivity (Wildman–Crippen MR) is 105 cm³/mol. The van der Waals surface area contributed by atoms with Gasteiger partial charge in [0.1, 0.15) is 0 Å². The fourth-order valence-electron chi connectivity index (χ4n) is 2.33. The number of aromatic nitrogens is 2. The van der Waals surface area contributed by atoms with E-state index in [1.165, 1.54) is 6.20 Å². The number of hydrogen-bond donors (Lipinski definition) is 2. The van der Waals surface area contributed by atoms with E-state index in [9.17, 15) is 4.79 Å². The molecule has 0 unspecified atom stereocenters. The van der Waals surface area contributed by atoms with Gasteiger partial charge in [-0.2, -0.15) is 5.10 Å². The van der Waals surface area contributed by atoms with E-state index in [2.05, 4.69) is 26.3 Å². The predicted octanol–water partition coefficient (Wildman–Crippen LogP) is 5.08. The standard InChI is InChI=1S/C17H13BrCl2N4O/c1-9-13(8-22-24(9)12-4-2-10(18)3-5-12)17(25)23-11-6-14(19)16(21)15(20)7-11/h2-8H,21H2,1H3,(H,23,25). The molecule has 128 valence electrons. The highest BCUT2D eigenvalue weighted by molar-refractivity contribution is 9.10. The van der Waals surface area contributed by atoms with E-state index >= 15 is 0 Å². The number of nitrogens with two attached hydrogens (primary N) is 1. The van der Waals surface area contributed by atoms with Crippen molar-refractivity contribution >= 4 is 56.4 Å². The quantitative estimate of drug-likeness (QED) is 0.558. The van der Waals surface area contributed by atoms with Crippen LogP contribution in [-0.2, 0) is 0 Å². The van der Waals surface area contributed by atoms with E-state index in [1.807, 2.05) is 31.2 Å². The van der Waals surface area contributed by atoms with Crippen molar-refractivity contribution < 1.29 is 4.79 Å². The minimum atomic E-state index is -0.308. The van der Waals surface area contributed by atoms with E-state index in [0.717, 1.165) is 10.2 Å². The topological polar surface area (TPSA) is 72.9 Å². The highest BCUT2D eigenvalue weighted by Crippen LogP contribution is 2.31. The number of hydrogen-bond acceptors (Lipinski definition) is 3. The Morgan fingerprint density at radius 2 is 1.80 bits per heavy atom. The first kappa shape index (κ1) is 17.8. The third kappa shape index (κ3) is 3.66. The maximum Gasteiger partial charge on any atom is 0.259 e. The normalized spacial score (nSPS) is 10.7. The van der Waals surface area contributed by atoms with Crippen LogP contribution < -0.4 is 11.1 Å². The number of nitrogen functional groups attached to an aromatic ring is 1. The number of nitrogens with one attached hydrogen (secondary N) is 1. The lowest BCUT2D eigenvalue weighted by atomic mass is 10.2. The number of anilines is 2. The summed E-state index contributed by atoms with van der Waals surface area (Å²) in [5, 5.41) is 7.62. The van der Waals surface area contributed by atoms with Crippen molar-refractivity contribution in [2.24, 2.45) is 0 Å². The van der Waals surface area contributed by atoms with Crippen LogP contribution in [0.25, 0.3) is 5.69 Å². The molecule has 0 bridgehead atoms. The van der Waals surface area contributed by atoms with Crippen molar-refractivity contribution in [2.45, 2.75) is 6.92 Å². The molecule has 0 aliphatic carbocycles. The number of nitrogens with zero attached hydrogens (tertiary/aromatic N) is 2. The minimum absolute atomic E-state index is 0.278. The van der Waals surface area contributed by atoms with Crippen LogP contribution in [-0.4, -0.2) is 15.7 Å². The van der Waals surface area contributed by atoms with Crippen molar-refractivity contribution in [1.29, 1.82) is 0 Å². The van der Waals surface area contributed by atoms with Crippen LogP contribution in [0.4, 0.5) is 11.4 Å². The van der Waals surface area contributed by atoms with Gasteiger partial charge in [0.05, 0.1) is 38.9 Å². The second-order valence-electron chi connectivity index (χ2n) is 5.34. The fraction of sp³-hybridized carbons (Fsp3) is 0.0588. The third-order valence-corrected chi connectivity index (χ3v) is 4.82. The lowest BCUT2D eigenvalue weighted by Gasteiger charge is -2.09. The second kappa shape index (κ2) is 7.07. The molecule has 0 saturated carbocycles. The first-order chi connectivity index (χ1) is 11.9. The molecule has 1 aromatic heterocycles. The van der Waals surface area contributed by atoms with Crippen LogP contribution in [0.1, 0.15) is 16.1 Å². The molecule has 1 heterocycles. The number of rotatable bonds is 3. The van der Waals surface area contributed by atoms with E-state index < -0.39 is 0 Å². The number of halogens is 3. The molecule has 3 N–H and O–H groups in total. The molecule has 0 fully saturated rings. The highest BCUT2D eigenvalue weighted by Gasteiger charge is 2.16. The van der Waals surface area contributed by atoms with Gasteiger partial charge in [-0.1, -0.05) is 39.1 Å². The van der Waals surface area contributed by atoms with Gasteiger partial charge in [-0.15, -0.1) is 0 Å². The SMILES string of the molecule is Cc1c(C(=O)Nc2cc(Cl)c(N)c(Cl)c2)cnn1-c1ccc(Br)cc1. The van der Waals surface area contributed by atoms with Gasteiger partial charge in [0.2, 0.25) is 0 Å². The molecule has 0 aliphatic heterocycles. The summed E-state index contributed by atoms with van der Waals surface area (Å²) in [5.41, 5.74) is 8.47. The molecule has 0 spiro atoms. The van der Waals surface area contributed by atoms with Gasteiger partial charge in [0.15, 0.2) is 0 Å². The van der Waals surface area contributed by atoms with Crippen LogP contribution in [0.15, 0.2) is 47.1 Å². The average Bonchev–Trinajstić information content (AvgIpc) is 2.95. The molecule has 1 amide bonds.